The van der Waals surface area contributed by atoms with Crippen LogP contribution in [-0.2, 0) is 21.5 Å². The van der Waals surface area contributed by atoms with Gasteiger partial charge < -0.3 is 14.2 Å². The van der Waals surface area contributed by atoms with Gasteiger partial charge in [-0.25, -0.2) is 9.86 Å². The van der Waals surface area contributed by atoms with Gasteiger partial charge in [0.1, 0.15) is 5.75 Å². The van der Waals surface area contributed by atoms with Crippen LogP contribution in [0.3, 0.4) is 0 Å². The molecule has 0 radical (unpaired) electrons. The highest BCUT2D eigenvalue weighted by Gasteiger charge is 2.65. The summed E-state index contributed by atoms with van der Waals surface area (Å²) in [6, 6.07) is 12.4. The third kappa shape index (κ3) is 4.52. The number of carbonyl (C=O) groups excluding carboxylic acids is 2. The van der Waals surface area contributed by atoms with Crippen LogP contribution in [0.4, 0.5) is 0 Å². The molecule has 2 unspecified atom stereocenters. The first kappa shape index (κ1) is 29.0. The van der Waals surface area contributed by atoms with Gasteiger partial charge >= 0.3 is 0 Å². The van der Waals surface area contributed by atoms with Crippen LogP contribution < -0.4 is 14.6 Å². The van der Waals surface area contributed by atoms with Gasteiger partial charge in [-0.1, -0.05) is 32.3 Å². The summed E-state index contributed by atoms with van der Waals surface area (Å²) in [6.45, 7) is 5.43. The Morgan fingerprint density at radius 2 is 1.87 bits per heavy atom. The van der Waals surface area contributed by atoms with E-state index in [1.807, 2.05) is 16.9 Å². The van der Waals surface area contributed by atoms with Gasteiger partial charge in [0.05, 0.1) is 18.2 Å². The molecule has 11 heteroatoms. The predicted octanol–water partition coefficient (Wildman–Crippen LogP) is 4.09. The lowest BCUT2D eigenvalue weighted by Gasteiger charge is -2.36. The fourth-order valence-corrected chi connectivity index (χ4v) is 9.66. The molecule has 3 aliphatic heterocycles. The molecule has 238 valence electrons. The molecule has 5 aliphatic rings. The molecule has 4 atom stereocenters. The Labute approximate surface area is 264 Å². The van der Waals surface area contributed by atoms with Crippen molar-refractivity contribution in [3.63, 3.8) is 0 Å². The molecule has 4 heterocycles. The van der Waals surface area contributed by atoms with E-state index >= 15 is 0 Å². The summed E-state index contributed by atoms with van der Waals surface area (Å²) in [4.78, 5) is 32.4. The van der Waals surface area contributed by atoms with Gasteiger partial charge in [0, 0.05) is 59.7 Å². The third-order valence-electron chi connectivity index (χ3n) is 11.5. The molecule has 0 spiro atoms. The van der Waals surface area contributed by atoms with E-state index < -0.39 is 21.5 Å². The monoisotopic (exact) mass is 631 g/mol. The van der Waals surface area contributed by atoms with Gasteiger partial charge in [-0.3, -0.25) is 14.5 Å². The van der Waals surface area contributed by atoms with Crippen molar-refractivity contribution in [1.29, 1.82) is 0 Å². The molecule has 2 bridgehead atoms. The zero-order chi connectivity index (χ0) is 31.2. The number of hydrogen-bond acceptors (Lipinski definition) is 6. The van der Waals surface area contributed by atoms with Crippen LogP contribution in [0.5, 0.6) is 5.75 Å². The molecule has 10 nitrogen and oxygen atoms in total. The topological polar surface area (TPSA) is 127 Å². The molecule has 2 aromatic carbocycles. The molecule has 3 N–H and O–H groups in total. The number of likely N-dealkylation sites (N-methyl/N-ethyl adjacent to an activating group) is 1. The number of methoxy groups -OCH3 is 1. The maximum Gasteiger partial charge on any atom is 0.298 e. The Balaban J connectivity index is 1.32. The second-order valence-corrected chi connectivity index (χ2v) is 15.1. The van der Waals surface area contributed by atoms with E-state index in [0.29, 0.717) is 18.5 Å². The fraction of sp³-hybridized carbons (Fsp3) is 0.529. The Morgan fingerprint density at radius 1 is 1.07 bits per heavy atom. The van der Waals surface area contributed by atoms with Crippen molar-refractivity contribution in [3.05, 3.63) is 53.1 Å². The number of benzene rings is 2. The van der Waals surface area contributed by atoms with Crippen LogP contribution in [0, 0.1) is 5.41 Å². The second-order valence-electron chi connectivity index (χ2n) is 13.8. The maximum absolute atomic E-state index is 14.8. The number of nitrogens with two attached hydrogens (primary N) is 1. The lowest BCUT2D eigenvalue weighted by atomic mass is 9.81. The Morgan fingerprint density at radius 3 is 2.56 bits per heavy atom. The van der Waals surface area contributed by atoms with Crippen molar-refractivity contribution >= 4 is 32.9 Å². The summed E-state index contributed by atoms with van der Waals surface area (Å²) in [5.74, 6) is 0.677. The van der Waals surface area contributed by atoms with Gasteiger partial charge in [0.2, 0.25) is 5.91 Å². The maximum atomic E-state index is 14.8. The quantitative estimate of drug-likeness (QED) is 0.422. The molecule has 2 saturated heterocycles. The van der Waals surface area contributed by atoms with Gasteiger partial charge in [0.25, 0.3) is 16.1 Å². The number of amides is 2. The van der Waals surface area contributed by atoms with Crippen molar-refractivity contribution in [2.24, 2.45) is 10.6 Å². The number of likely N-dealkylation sites (tertiary alicyclic amines) is 2. The van der Waals surface area contributed by atoms with Crippen LogP contribution in [0.25, 0.3) is 22.2 Å². The highest BCUT2D eigenvalue weighted by atomic mass is 32.2. The van der Waals surface area contributed by atoms with Crippen molar-refractivity contribution in [1.82, 2.24) is 19.1 Å². The number of rotatable bonds is 6. The molecule has 1 aromatic heterocycles. The van der Waals surface area contributed by atoms with E-state index in [0.717, 1.165) is 78.8 Å². The molecule has 3 aromatic rings. The number of carbonyl (C=O) groups is 2. The average molecular weight is 632 g/mol. The number of ether oxygens (including phenoxy) is 1. The summed E-state index contributed by atoms with van der Waals surface area (Å²) in [5.41, 5.74) is 5.16. The SMILES string of the molecule is CCN1C[C@H]2C[C@H]1CN2C(=O)C12CC1c1cc(OC)ccc1-c1c(C3CCCCC3)c3ccc(C(=O)NS(N)(=O)=O)cc3n1C2. The zero-order valence-electron chi connectivity index (χ0n) is 25.9. The number of piperazine rings is 1. The molecule has 2 aliphatic carbocycles. The highest BCUT2D eigenvalue weighted by Crippen LogP contribution is 2.66. The van der Waals surface area contributed by atoms with Gasteiger partial charge in [-0.15, -0.1) is 0 Å². The fourth-order valence-electron chi connectivity index (χ4n) is 9.28. The van der Waals surface area contributed by atoms with Crippen LogP contribution in [0.1, 0.15) is 85.2 Å². The summed E-state index contributed by atoms with van der Waals surface area (Å²) in [5, 5.41) is 6.21. The zero-order valence-corrected chi connectivity index (χ0v) is 26.7. The molecular weight excluding hydrogens is 590 g/mol. The normalized spacial score (nSPS) is 27.5. The molecule has 45 heavy (non-hydrogen) atoms. The van der Waals surface area contributed by atoms with Gasteiger partial charge in [-0.05, 0) is 79.6 Å². The molecule has 4 fully saturated rings. The van der Waals surface area contributed by atoms with Crippen molar-refractivity contribution in [3.8, 4) is 17.0 Å². The minimum absolute atomic E-state index is 0.0690. The number of hydrogen-bond donors (Lipinski definition) is 2. The molecule has 2 saturated carbocycles. The highest BCUT2D eigenvalue weighted by molar-refractivity contribution is 7.87. The summed E-state index contributed by atoms with van der Waals surface area (Å²) in [6.07, 6.45) is 7.53. The Kier molecular flexibility index (Phi) is 6.64. The Hall–Kier alpha value is -3.41. The number of aromatic nitrogens is 1. The number of nitrogens with zero attached hydrogens (tertiary/aromatic N) is 3. The lowest BCUT2D eigenvalue weighted by Crippen LogP contribution is -2.51. The van der Waals surface area contributed by atoms with Crippen LogP contribution in [0.15, 0.2) is 36.4 Å². The molecule has 8 rings (SSSR count). The average Bonchev–Trinajstić information content (AvgIpc) is 3.27. The van der Waals surface area contributed by atoms with Crippen molar-refractivity contribution < 1.29 is 22.7 Å². The van der Waals surface area contributed by atoms with Gasteiger partial charge in [-0.2, -0.15) is 8.42 Å². The first-order chi connectivity index (χ1) is 21.6. The van der Waals surface area contributed by atoms with E-state index in [1.54, 1.807) is 19.2 Å². The van der Waals surface area contributed by atoms with E-state index in [-0.39, 0.29) is 23.4 Å². The smallest absolute Gasteiger partial charge is 0.298 e. The predicted molar refractivity (Wildman–Crippen MR) is 171 cm³/mol. The second kappa shape index (κ2) is 10.3. The largest absolute Gasteiger partial charge is 0.497 e. The molecule has 2 amide bonds. The first-order valence-corrected chi connectivity index (χ1v) is 17.9. The van der Waals surface area contributed by atoms with Crippen molar-refractivity contribution in [2.75, 3.05) is 26.7 Å². The van der Waals surface area contributed by atoms with E-state index in [1.165, 1.54) is 24.8 Å². The summed E-state index contributed by atoms with van der Waals surface area (Å²) in [7, 11) is -2.54. The Bertz CT molecular complexity index is 1850. The molecular formula is C34H41N5O5S. The number of nitrogens with one attached hydrogen (secondary N) is 1. The third-order valence-corrected chi connectivity index (χ3v) is 11.9. The minimum atomic E-state index is -4.22. The van der Waals surface area contributed by atoms with Crippen molar-refractivity contribution in [2.45, 2.75) is 82.3 Å². The first-order valence-electron chi connectivity index (χ1n) is 16.4. The van der Waals surface area contributed by atoms with E-state index in [4.69, 9.17) is 9.88 Å². The van der Waals surface area contributed by atoms with Crippen LogP contribution in [-0.4, -0.2) is 73.4 Å². The summed E-state index contributed by atoms with van der Waals surface area (Å²) < 4.78 is 33.4. The minimum Gasteiger partial charge on any atom is -0.497 e. The van der Waals surface area contributed by atoms with Crippen LogP contribution in [0.2, 0.25) is 0 Å². The van der Waals surface area contributed by atoms with Gasteiger partial charge in [0.15, 0.2) is 0 Å². The van der Waals surface area contributed by atoms with Crippen LogP contribution >= 0.6 is 0 Å². The summed E-state index contributed by atoms with van der Waals surface area (Å²) >= 11 is 0. The lowest BCUT2D eigenvalue weighted by molar-refractivity contribution is -0.140. The number of fused-ring (bicyclic) bond motifs is 9. The van der Waals surface area contributed by atoms with E-state index in [9.17, 15) is 18.0 Å². The standard InChI is InChI=1S/C34H41N5O5S/c1-3-37-17-23-14-22(37)18-38(23)33(41)34-16-28(34)27-15-24(44-2)10-12-25(27)31-30(20-7-5-4-6-8-20)26-11-9-21(13-29(26)39(31)19-34)32(40)36-45(35,42)43/h9-13,15,20,22-23,28H,3-8,14,16-19H2,1-2H3,(H,36,40)(H2,35,42,43)/t22-,23+,28?,34?/m0/s1. The van der Waals surface area contributed by atoms with E-state index in [2.05, 4.69) is 33.4 Å².